The van der Waals surface area contributed by atoms with Crippen LogP contribution in [0.3, 0.4) is 0 Å². The first-order valence-corrected chi connectivity index (χ1v) is 48.8. The van der Waals surface area contributed by atoms with E-state index in [4.69, 9.17) is 25.8 Å². The topological polar surface area (TPSA) is 246 Å². The summed E-state index contributed by atoms with van der Waals surface area (Å²) in [5.41, 5.74) is 7.44. The number of alkyl halides is 4. The van der Waals surface area contributed by atoms with Gasteiger partial charge in [-0.05, 0) is 113 Å². The highest BCUT2D eigenvalue weighted by atomic mass is 79.9. The molecule has 0 spiro atoms. The number of halogens is 10. The summed E-state index contributed by atoms with van der Waals surface area (Å²) in [6, 6.07) is 80.1. The number of esters is 3. The van der Waals surface area contributed by atoms with Crippen LogP contribution < -0.4 is 50.6 Å². The number of anilines is 2. The minimum atomic E-state index is -0.704. The summed E-state index contributed by atoms with van der Waals surface area (Å²) in [5, 5.41) is 15.0. The van der Waals surface area contributed by atoms with Crippen molar-refractivity contribution in [1.29, 1.82) is 0 Å². The summed E-state index contributed by atoms with van der Waals surface area (Å²) in [6.45, 7) is 13.2. The molecule has 0 atom stereocenters. The molecule has 8 aromatic carbocycles. The van der Waals surface area contributed by atoms with Crippen molar-refractivity contribution >= 4 is 189 Å². The van der Waals surface area contributed by atoms with E-state index in [1.165, 1.54) is 73.0 Å². The number of pyridine rings is 3. The van der Waals surface area contributed by atoms with E-state index < -0.39 is 34.6 Å². The molecule has 3 N–H and O–H groups in total. The van der Waals surface area contributed by atoms with Crippen LogP contribution in [0.15, 0.2) is 285 Å². The number of piperazine rings is 3. The zero-order chi connectivity index (χ0) is 91.1. The summed E-state index contributed by atoms with van der Waals surface area (Å²) in [6.07, 6.45) is 0. The molecule has 3 fully saturated rings. The number of nitrogens with zero attached hydrogens (tertiary/aromatic N) is 6. The standard InChI is InChI=1S/C28H26FN3O4S.C21H21N3O4S.C12H10ClNO3.C9H12N2OS.4C7H7Br.CH4.4FH/c1-2-36-28(35)24-25(30-13-15-31(16-14-30)26(33)23-8-5-17-37-23)21-6-3-4-7-22(21)32(27(24)34)18-19-9-11-20(29)12-10-19;1-2-28-21(27)17-18(14-6-3-4-7-15(14)22-19(17)25)23-9-11-24(12-10-23)20(26)16-8-5-13-29-16;1-2-17-12(16)9-10(13)7-5-3-4-6-8(7)14-11(9)15;12-9(8-2-1-7-13-8)11-5-3-10-4-6-11;4*8-6-7-4-2-1-3-5-7;;;;;/h3-12,17H,2,13-16,18H2,1H3;3-8,13H,2,9-12H2,1H3,(H,22,25);3-6H,2H2,1H3,(H,14,15);1-2,7,10H,3-6H2;4*1-5H,6H2;1H4;4*1H/p-4. The monoisotopic (exact) mass is 2150 g/mol. The Bertz CT molecular complexity index is 5920. The van der Waals surface area contributed by atoms with Gasteiger partial charge in [-0.15, -0.1) is 34.0 Å². The number of carbonyl (C=O) groups is 6. The zero-order valence-electron chi connectivity index (χ0n) is 72.2. The minimum absolute atomic E-state index is 0. The number of nitrogens with one attached hydrogen (secondary N) is 3. The number of amides is 3. The van der Waals surface area contributed by atoms with Crippen molar-refractivity contribution in [3.8, 4) is 0 Å². The van der Waals surface area contributed by atoms with Crippen molar-refractivity contribution in [1.82, 2.24) is 34.6 Å². The summed E-state index contributed by atoms with van der Waals surface area (Å²) in [4.78, 5) is 130. The van der Waals surface area contributed by atoms with Crippen molar-refractivity contribution in [2.75, 3.05) is 108 Å². The molecular weight excluding hydrogens is 2050 g/mol. The molecule has 706 valence electrons. The molecule has 6 aromatic heterocycles. The number of hydrogen-bond acceptors (Lipinski definition) is 18. The van der Waals surface area contributed by atoms with Crippen molar-refractivity contribution in [3.05, 3.63) is 372 Å². The van der Waals surface area contributed by atoms with E-state index in [9.17, 15) is 47.5 Å². The summed E-state index contributed by atoms with van der Waals surface area (Å²) < 4.78 is 30.3. The van der Waals surface area contributed by atoms with Crippen molar-refractivity contribution in [2.45, 2.75) is 56.1 Å². The van der Waals surface area contributed by atoms with Gasteiger partial charge in [0.1, 0.15) is 22.5 Å². The summed E-state index contributed by atoms with van der Waals surface area (Å²) in [7, 11) is 0. The number of aromatic nitrogens is 3. The van der Waals surface area contributed by atoms with Gasteiger partial charge in [-0.1, -0.05) is 289 Å². The number of aromatic amines is 2. The Kier molecular flexibility index (Phi) is 50.1. The van der Waals surface area contributed by atoms with E-state index in [1.807, 2.05) is 193 Å². The van der Waals surface area contributed by atoms with Crippen LogP contribution in [0.1, 0.15) is 116 Å². The molecule has 21 nitrogen and oxygen atoms in total. The molecule has 3 aliphatic heterocycles. The fraction of sp³-hybridized carbons (Fsp3) is 0.242. The second-order valence-electron chi connectivity index (χ2n) is 28.3. The van der Waals surface area contributed by atoms with Gasteiger partial charge in [0.2, 0.25) is 0 Å². The first-order valence-electron chi connectivity index (χ1n) is 41.3. The Morgan fingerprint density at radius 1 is 0.376 bits per heavy atom. The molecule has 14 aromatic rings. The lowest BCUT2D eigenvalue weighted by Gasteiger charge is -2.37. The molecule has 0 saturated carbocycles. The highest BCUT2D eigenvalue weighted by Crippen LogP contribution is 2.34. The van der Waals surface area contributed by atoms with Crippen molar-refractivity contribution in [2.24, 2.45) is 0 Å². The number of fused-ring (bicyclic) bond motifs is 3. The smallest absolute Gasteiger partial charge is 0.345 e. The number of rotatable bonds is 17. The lowest BCUT2D eigenvalue weighted by atomic mass is 10.0. The lowest BCUT2D eigenvalue weighted by molar-refractivity contribution is -0.00100. The maximum atomic E-state index is 13.9. The molecule has 3 amide bonds. The molecule has 0 bridgehead atoms. The molecule has 133 heavy (non-hydrogen) atoms. The largest absolute Gasteiger partial charge is 1.00 e. The van der Waals surface area contributed by atoms with Gasteiger partial charge < -0.3 is 77.4 Å². The second kappa shape index (κ2) is 59.4. The Hall–Kier alpha value is -11.3. The normalized spacial score (nSPS) is 12.1. The van der Waals surface area contributed by atoms with Crippen LogP contribution in [0.25, 0.3) is 32.7 Å². The third-order valence-corrected chi connectivity index (χ3v) is 25.5. The highest BCUT2D eigenvalue weighted by Gasteiger charge is 2.33. The van der Waals surface area contributed by atoms with Crippen LogP contribution in [0.5, 0.6) is 0 Å². The van der Waals surface area contributed by atoms with Gasteiger partial charge in [-0.2, -0.15) is 0 Å². The maximum Gasteiger partial charge on any atom is 0.345 e. The number of thiophene rings is 3. The Balaban J connectivity index is 0.000000288. The van der Waals surface area contributed by atoms with Gasteiger partial charge in [-0.3, -0.25) is 28.8 Å². The van der Waals surface area contributed by atoms with Gasteiger partial charge in [-0.25, -0.2) is 18.8 Å². The third kappa shape index (κ3) is 32.2. The highest BCUT2D eigenvalue weighted by molar-refractivity contribution is 9.09. The Labute approximate surface area is 819 Å². The predicted molar refractivity (Wildman–Crippen MR) is 537 cm³/mol. The van der Waals surface area contributed by atoms with Crippen LogP contribution >= 0.6 is 109 Å². The number of H-pyrrole nitrogens is 2. The summed E-state index contributed by atoms with van der Waals surface area (Å²) in [5.74, 6) is -2.20. The van der Waals surface area contributed by atoms with E-state index in [1.54, 1.807) is 62.1 Å². The fourth-order valence-corrected chi connectivity index (χ4v) is 17.5. The molecule has 9 heterocycles. The average molecular weight is 2160 g/mol. The van der Waals surface area contributed by atoms with Crippen LogP contribution in [0.4, 0.5) is 15.8 Å². The first kappa shape index (κ1) is 112. The maximum absolute atomic E-state index is 13.9. The molecule has 3 saturated heterocycles. The summed E-state index contributed by atoms with van der Waals surface area (Å²) >= 11 is 23.8. The number of para-hydroxylation sites is 3. The third-order valence-electron chi connectivity index (χ3n) is 19.9. The van der Waals surface area contributed by atoms with E-state index in [0.29, 0.717) is 95.4 Å². The predicted octanol–water partition coefficient (Wildman–Crippen LogP) is 9.25. The number of hydrogen-bond donors (Lipinski definition) is 3. The van der Waals surface area contributed by atoms with Crippen LogP contribution in [-0.2, 0) is 42.1 Å². The number of carbonyl (C=O) groups excluding carboxylic acids is 6. The van der Waals surface area contributed by atoms with E-state index in [-0.39, 0.29) is 97.9 Å². The quantitative estimate of drug-likeness (QED) is 0.0333. The van der Waals surface area contributed by atoms with Gasteiger partial charge in [0.05, 0.1) is 68.4 Å². The first-order chi connectivity index (χ1) is 62.3. The van der Waals surface area contributed by atoms with E-state index in [0.717, 1.165) is 68.7 Å². The molecule has 3 aliphatic rings. The van der Waals surface area contributed by atoms with Gasteiger partial charge in [0, 0.05) is 122 Å². The molecule has 34 heteroatoms. The van der Waals surface area contributed by atoms with E-state index >= 15 is 0 Å². The number of benzene rings is 8. The minimum Gasteiger partial charge on any atom is -1.00 e. The Morgan fingerprint density at radius 3 is 1.07 bits per heavy atom. The van der Waals surface area contributed by atoms with Gasteiger partial charge in [0.15, 0.2) is 0 Å². The van der Waals surface area contributed by atoms with Gasteiger partial charge in [0.25, 0.3) is 34.4 Å². The molecule has 0 aliphatic carbocycles. The van der Waals surface area contributed by atoms with Crippen LogP contribution in [0, 0.1) is 5.82 Å². The van der Waals surface area contributed by atoms with Crippen molar-refractivity contribution in [3.63, 3.8) is 0 Å². The second-order valence-corrected chi connectivity index (χ2v) is 33.8. The molecule has 17 rings (SSSR count). The van der Waals surface area contributed by atoms with Crippen LogP contribution in [0.2, 0.25) is 5.02 Å². The average Bonchev–Trinajstić information content (AvgIpc) is 1.61. The van der Waals surface area contributed by atoms with Crippen molar-refractivity contribution < 1.29 is 66.2 Å². The Morgan fingerprint density at radius 2 is 0.699 bits per heavy atom. The fourth-order valence-electron chi connectivity index (χ4n) is 13.6. The molecule has 0 radical (unpaired) electrons. The van der Waals surface area contributed by atoms with E-state index in [2.05, 4.69) is 128 Å². The number of ether oxygens (including phenoxy) is 3. The molecule has 0 unspecified atom stereocenters. The molecular formula is C99H101Br4ClF5N9O12S3-4. The van der Waals surface area contributed by atoms with Gasteiger partial charge >= 0.3 is 17.9 Å². The zero-order valence-corrected chi connectivity index (χ0v) is 81.8. The SMILES string of the molecule is BrCc1ccccc1.BrCc1ccccc1.BrCc1ccccc1.BrCc1ccccc1.C.CCOC(=O)c1c(Cl)c2ccccc2[nH]c1=O.CCOC(=O)c1c(N2CCN(C(=O)c3cccs3)CC2)c2ccccc2[nH]c1=O.CCOC(=O)c1c(N2CCN(C(=O)c3cccs3)CC2)c2ccccc2n(Cc2ccc(F)cc2)c1=O.O=C(c1cccs1)N1CCNCC1.[F-].[F-].[F-].[F-]. The lowest BCUT2D eigenvalue weighted by Crippen LogP contribution is -3.00. The van der Waals surface area contributed by atoms with Crippen LogP contribution in [-0.4, -0.2) is 163 Å².